The predicted octanol–water partition coefficient (Wildman–Crippen LogP) is 2.44. The van der Waals surface area contributed by atoms with E-state index in [1.807, 2.05) is 0 Å². The smallest absolute Gasteiger partial charge is 0.306 e. The molecular weight excluding hydrogens is 216 g/mol. The Kier molecular flexibility index (Phi) is 3.82. The van der Waals surface area contributed by atoms with Gasteiger partial charge in [0.05, 0.1) is 6.42 Å². The van der Waals surface area contributed by atoms with Crippen LogP contribution in [0.2, 0.25) is 0 Å². The number of rotatable bonds is 5. The van der Waals surface area contributed by atoms with Gasteiger partial charge in [0.15, 0.2) is 0 Å². The maximum Gasteiger partial charge on any atom is 0.306 e. The van der Waals surface area contributed by atoms with Crippen LogP contribution in [0.25, 0.3) is 0 Å². The van der Waals surface area contributed by atoms with Gasteiger partial charge < -0.3 is 10.4 Å². The first kappa shape index (κ1) is 12.4. The zero-order chi connectivity index (χ0) is 12.2. The van der Waals surface area contributed by atoms with Crippen LogP contribution >= 0.6 is 0 Å². The number of carboxylic acids is 1. The number of hydrogen-bond donors (Lipinski definition) is 2. The first-order chi connectivity index (χ1) is 7.39. The lowest BCUT2D eigenvalue weighted by Crippen LogP contribution is -2.31. The fourth-order valence-electron chi connectivity index (χ4n) is 1.23. The van der Waals surface area contributed by atoms with Crippen LogP contribution in [0.5, 0.6) is 0 Å². The quantitative estimate of drug-likeness (QED) is 0.815. The molecule has 0 aliphatic carbocycles. The Bertz CT molecular complexity index is 363. The third kappa shape index (κ3) is 4.25. The first-order valence-electron chi connectivity index (χ1n) is 4.79. The number of carbonyl (C=O) groups is 1. The van der Waals surface area contributed by atoms with Gasteiger partial charge in [-0.3, -0.25) is 4.79 Å². The summed E-state index contributed by atoms with van der Waals surface area (Å²) >= 11 is 0. The van der Waals surface area contributed by atoms with Crippen LogP contribution in [0.15, 0.2) is 24.3 Å². The zero-order valence-corrected chi connectivity index (χ0v) is 8.84. The van der Waals surface area contributed by atoms with Gasteiger partial charge in [-0.2, -0.15) is 0 Å². The highest BCUT2D eigenvalue weighted by molar-refractivity contribution is 5.68. The molecule has 2 N–H and O–H groups in total. The van der Waals surface area contributed by atoms with Gasteiger partial charge in [0, 0.05) is 12.2 Å². The predicted molar refractivity (Wildman–Crippen MR) is 56.7 cm³/mol. The Morgan fingerprint density at radius 1 is 1.44 bits per heavy atom. The molecule has 0 aliphatic heterocycles. The van der Waals surface area contributed by atoms with Crippen molar-refractivity contribution in [3.05, 3.63) is 30.1 Å². The van der Waals surface area contributed by atoms with Crippen LogP contribution in [0.1, 0.15) is 13.3 Å². The molecule has 0 saturated carbocycles. The van der Waals surface area contributed by atoms with Gasteiger partial charge in [0.1, 0.15) is 11.5 Å². The molecule has 0 radical (unpaired) electrons. The maximum atomic E-state index is 13.6. The van der Waals surface area contributed by atoms with Crippen molar-refractivity contribution in [1.82, 2.24) is 0 Å². The number of benzene rings is 1. The largest absolute Gasteiger partial charge is 0.481 e. The van der Waals surface area contributed by atoms with Crippen molar-refractivity contribution in [3.63, 3.8) is 0 Å². The third-order valence-electron chi connectivity index (χ3n) is 2.03. The van der Waals surface area contributed by atoms with E-state index in [9.17, 15) is 13.6 Å². The molecule has 0 amide bonds. The van der Waals surface area contributed by atoms with E-state index in [-0.39, 0.29) is 12.4 Å². The van der Waals surface area contributed by atoms with E-state index in [2.05, 4.69) is 5.32 Å². The first-order valence-corrected chi connectivity index (χ1v) is 4.79. The van der Waals surface area contributed by atoms with Crippen LogP contribution in [0.4, 0.5) is 14.5 Å². The second-order valence-electron chi connectivity index (χ2n) is 3.84. The van der Waals surface area contributed by atoms with E-state index >= 15 is 0 Å². The second kappa shape index (κ2) is 4.92. The summed E-state index contributed by atoms with van der Waals surface area (Å²) in [5.74, 6) is -1.56. The van der Waals surface area contributed by atoms with Gasteiger partial charge in [0.2, 0.25) is 0 Å². The van der Waals surface area contributed by atoms with E-state index in [0.717, 1.165) is 0 Å². The summed E-state index contributed by atoms with van der Waals surface area (Å²) in [6.45, 7) is 1.07. The van der Waals surface area contributed by atoms with E-state index in [1.54, 1.807) is 0 Å². The van der Waals surface area contributed by atoms with E-state index in [1.165, 1.54) is 31.2 Å². The molecule has 0 spiro atoms. The summed E-state index contributed by atoms with van der Waals surface area (Å²) in [5.41, 5.74) is -1.28. The second-order valence-corrected chi connectivity index (χ2v) is 3.84. The Hall–Kier alpha value is -1.65. The van der Waals surface area contributed by atoms with Gasteiger partial charge >= 0.3 is 5.97 Å². The van der Waals surface area contributed by atoms with Crippen LogP contribution < -0.4 is 5.32 Å². The van der Waals surface area contributed by atoms with Crippen molar-refractivity contribution in [3.8, 4) is 0 Å². The van der Waals surface area contributed by atoms with Crippen molar-refractivity contribution >= 4 is 11.7 Å². The van der Waals surface area contributed by atoms with Crippen molar-refractivity contribution < 1.29 is 18.7 Å². The SMILES string of the molecule is CC(F)(CNc1ccc(F)cc1)CC(=O)O. The minimum Gasteiger partial charge on any atom is -0.481 e. The van der Waals surface area contributed by atoms with Gasteiger partial charge in [-0.1, -0.05) is 0 Å². The van der Waals surface area contributed by atoms with E-state index in [4.69, 9.17) is 5.11 Å². The van der Waals surface area contributed by atoms with Gasteiger partial charge in [-0.05, 0) is 31.2 Å². The van der Waals surface area contributed by atoms with Crippen LogP contribution in [0.3, 0.4) is 0 Å². The minimum atomic E-state index is -1.83. The summed E-state index contributed by atoms with van der Waals surface area (Å²) in [4.78, 5) is 10.4. The summed E-state index contributed by atoms with van der Waals surface area (Å²) in [6.07, 6.45) is -0.568. The lowest BCUT2D eigenvalue weighted by atomic mass is 10.1. The Labute approximate surface area is 92.1 Å². The number of hydrogen-bond acceptors (Lipinski definition) is 2. The summed E-state index contributed by atoms with van der Waals surface area (Å²) in [5, 5.41) is 11.2. The fourth-order valence-corrected chi connectivity index (χ4v) is 1.23. The average molecular weight is 229 g/mol. The Balaban J connectivity index is 2.50. The van der Waals surface area contributed by atoms with E-state index < -0.39 is 18.1 Å². The fraction of sp³-hybridized carbons (Fsp3) is 0.364. The molecule has 0 aromatic heterocycles. The van der Waals surface area contributed by atoms with Gasteiger partial charge in [-0.25, -0.2) is 8.78 Å². The van der Waals surface area contributed by atoms with E-state index in [0.29, 0.717) is 5.69 Å². The molecular formula is C11H13F2NO2. The molecule has 0 saturated heterocycles. The molecule has 0 aliphatic rings. The molecule has 0 heterocycles. The minimum absolute atomic E-state index is 0.134. The Morgan fingerprint density at radius 2 is 2.00 bits per heavy atom. The van der Waals surface area contributed by atoms with Gasteiger partial charge in [0.25, 0.3) is 0 Å². The lowest BCUT2D eigenvalue weighted by molar-refractivity contribution is -0.139. The highest BCUT2D eigenvalue weighted by atomic mass is 19.1. The normalized spacial score (nSPS) is 14.2. The number of halogens is 2. The lowest BCUT2D eigenvalue weighted by Gasteiger charge is -2.19. The van der Waals surface area contributed by atoms with Gasteiger partial charge in [-0.15, -0.1) is 0 Å². The van der Waals surface area contributed by atoms with Crippen LogP contribution in [-0.4, -0.2) is 23.3 Å². The van der Waals surface area contributed by atoms with Crippen molar-refractivity contribution in [2.75, 3.05) is 11.9 Å². The molecule has 1 atom stereocenters. The molecule has 0 bridgehead atoms. The molecule has 3 nitrogen and oxygen atoms in total. The van der Waals surface area contributed by atoms with Crippen LogP contribution in [-0.2, 0) is 4.79 Å². The number of alkyl halides is 1. The molecule has 1 aromatic carbocycles. The third-order valence-corrected chi connectivity index (χ3v) is 2.03. The summed E-state index contributed by atoms with van der Waals surface area (Å²) < 4.78 is 26.1. The highest BCUT2D eigenvalue weighted by Crippen LogP contribution is 2.17. The highest BCUT2D eigenvalue weighted by Gasteiger charge is 2.26. The monoisotopic (exact) mass is 229 g/mol. The molecule has 1 aromatic rings. The zero-order valence-electron chi connectivity index (χ0n) is 8.84. The molecule has 5 heteroatoms. The molecule has 0 fully saturated rings. The molecule has 16 heavy (non-hydrogen) atoms. The topological polar surface area (TPSA) is 49.3 Å². The number of carboxylic acid groups (broad SMARTS) is 1. The van der Waals surface area contributed by atoms with Crippen molar-refractivity contribution in [2.45, 2.75) is 19.0 Å². The maximum absolute atomic E-state index is 13.6. The standard InChI is InChI=1S/C11H13F2NO2/c1-11(13,6-10(15)16)7-14-9-4-2-8(12)3-5-9/h2-5,14H,6-7H2,1H3,(H,15,16). The molecule has 88 valence electrons. The van der Waals surface area contributed by atoms with Crippen molar-refractivity contribution in [2.24, 2.45) is 0 Å². The number of nitrogens with one attached hydrogen (secondary N) is 1. The number of anilines is 1. The summed E-state index contributed by atoms with van der Waals surface area (Å²) in [7, 11) is 0. The average Bonchev–Trinajstić information content (AvgIpc) is 2.15. The van der Waals surface area contributed by atoms with Crippen LogP contribution in [0, 0.1) is 5.82 Å². The molecule has 1 rings (SSSR count). The summed E-state index contributed by atoms with van der Waals surface area (Å²) in [6, 6.07) is 5.42. The Morgan fingerprint density at radius 3 is 2.50 bits per heavy atom. The number of aliphatic carboxylic acids is 1. The molecule has 1 unspecified atom stereocenters. The van der Waals surface area contributed by atoms with Crippen molar-refractivity contribution in [1.29, 1.82) is 0 Å².